The molecule has 1 heterocycles. The van der Waals surface area contributed by atoms with Crippen LogP contribution in [0.2, 0.25) is 0 Å². The van der Waals surface area contributed by atoms with Crippen LogP contribution in [0.25, 0.3) is 10.9 Å². The molecule has 0 unspecified atom stereocenters. The Morgan fingerprint density at radius 2 is 1.71 bits per heavy atom. The Hall–Kier alpha value is -1.99. The van der Waals surface area contributed by atoms with E-state index in [-0.39, 0.29) is 0 Å². The highest BCUT2D eigenvalue weighted by Gasteiger charge is 2.10. The molecule has 4 rings (SSSR count). The quantitative estimate of drug-likeness (QED) is 0.232. The van der Waals surface area contributed by atoms with Gasteiger partial charge in [-0.25, -0.2) is 4.79 Å². The van der Waals surface area contributed by atoms with Crippen LogP contribution in [0, 0.1) is 7.14 Å². The van der Waals surface area contributed by atoms with Crippen LogP contribution in [0.15, 0.2) is 79.8 Å². The van der Waals surface area contributed by atoms with Gasteiger partial charge in [0, 0.05) is 4.47 Å². The van der Waals surface area contributed by atoms with Gasteiger partial charge in [-0.1, -0.05) is 40.2 Å². The summed E-state index contributed by atoms with van der Waals surface area (Å²) < 4.78 is 9.68. The molecule has 6 nitrogen and oxygen atoms in total. The van der Waals surface area contributed by atoms with Crippen LogP contribution in [0.3, 0.4) is 0 Å². The van der Waals surface area contributed by atoms with E-state index in [0.717, 1.165) is 33.2 Å². The first kappa shape index (κ1) is 22.2. The van der Waals surface area contributed by atoms with Gasteiger partial charge in [-0.05, 0) is 92.7 Å². The van der Waals surface area contributed by atoms with Crippen molar-refractivity contribution in [2.24, 2.45) is 5.10 Å². The molecule has 0 aliphatic heterocycles. The summed E-state index contributed by atoms with van der Waals surface area (Å²) in [5.74, 6) is 0.780. The van der Waals surface area contributed by atoms with E-state index < -0.39 is 11.2 Å². The molecule has 31 heavy (non-hydrogen) atoms. The molecule has 0 atom stereocenters. The van der Waals surface area contributed by atoms with Crippen LogP contribution in [0.4, 0.5) is 0 Å². The maximum Gasteiger partial charge on any atom is 0.349 e. The number of hydrogen-bond donors (Lipinski definition) is 1. The number of H-pyrrole nitrogens is 1. The maximum atomic E-state index is 12.6. The lowest BCUT2D eigenvalue weighted by molar-refractivity contribution is 0.301. The fourth-order valence-electron chi connectivity index (χ4n) is 2.91. The van der Waals surface area contributed by atoms with E-state index in [0.29, 0.717) is 17.5 Å². The molecule has 0 spiro atoms. The molecule has 156 valence electrons. The first-order chi connectivity index (χ1) is 14.9. The molecule has 1 N–H and O–H groups in total. The van der Waals surface area contributed by atoms with E-state index >= 15 is 0 Å². The molecule has 0 bridgehead atoms. The molecule has 0 aliphatic carbocycles. The number of aromatic amines is 1. The van der Waals surface area contributed by atoms with Gasteiger partial charge in [-0.3, -0.25) is 4.79 Å². The Morgan fingerprint density at radius 1 is 1.03 bits per heavy atom. The molecular formula is C22H14BrI2N3O3. The van der Waals surface area contributed by atoms with Crippen LogP contribution in [-0.4, -0.2) is 15.9 Å². The zero-order chi connectivity index (χ0) is 22.0. The lowest BCUT2D eigenvalue weighted by Gasteiger charge is -2.11. The third kappa shape index (κ3) is 5.09. The van der Waals surface area contributed by atoms with E-state index in [1.54, 1.807) is 24.3 Å². The van der Waals surface area contributed by atoms with Crippen molar-refractivity contribution in [3.63, 3.8) is 0 Å². The average molecular weight is 702 g/mol. The van der Waals surface area contributed by atoms with E-state index in [9.17, 15) is 9.59 Å². The number of benzene rings is 3. The van der Waals surface area contributed by atoms with Crippen molar-refractivity contribution in [3.05, 3.63) is 104 Å². The van der Waals surface area contributed by atoms with Gasteiger partial charge in [0.15, 0.2) is 0 Å². The Bertz CT molecular complexity index is 1390. The standard InChI is InChI=1S/C22H14BrI2N3O3/c23-15-7-5-13(6-8-15)12-31-20-17(24)9-14(10-18(20)25)11-26-28-21(29)16-3-1-2-4-19(16)27-22(28)30/h1-11H,12H2,(H,27,30). The summed E-state index contributed by atoms with van der Waals surface area (Å²) in [6.45, 7) is 0.453. The number of nitrogens with zero attached hydrogens (tertiary/aromatic N) is 2. The van der Waals surface area contributed by atoms with Gasteiger partial charge in [0.05, 0.1) is 24.3 Å². The fourth-order valence-corrected chi connectivity index (χ4v) is 5.30. The SMILES string of the molecule is O=c1[nH]c2ccccc2c(=O)n1N=Cc1cc(I)c(OCc2ccc(Br)cc2)c(I)c1. The third-order valence-electron chi connectivity index (χ3n) is 4.42. The Labute approximate surface area is 212 Å². The summed E-state index contributed by atoms with van der Waals surface area (Å²) in [4.78, 5) is 27.5. The lowest BCUT2D eigenvalue weighted by atomic mass is 10.2. The van der Waals surface area contributed by atoms with Gasteiger partial charge in [0.1, 0.15) is 12.4 Å². The number of rotatable bonds is 5. The van der Waals surface area contributed by atoms with Gasteiger partial charge in [-0.2, -0.15) is 5.10 Å². The molecule has 0 fully saturated rings. The molecule has 0 amide bonds. The second-order valence-corrected chi connectivity index (χ2v) is 9.81. The summed E-state index contributed by atoms with van der Waals surface area (Å²) in [5, 5.41) is 4.53. The molecular weight excluding hydrogens is 688 g/mol. The highest BCUT2D eigenvalue weighted by molar-refractivity contribution is 14.1. The van der Waals surface area contributed by atoms with Crippen molar-refractivity contribution < 1.29 is 4.74 Å². The maximum absolute atomic E-state index is 12.6. The number of ether oxygens (including phenoxy) is 1. The normalized spacial score (nSPS) is 11.3. The van der Waals surface area contributed by atoms with Crippen LogP contribution < -0.4 is 16.0 Å². The summed E-state index contributed by atoms with van der Waals surface area (Å²) in [6.07, 6.45) is 1.49. The van der Waals surface area contributed by atoms with Crippen molar-refractivity contribution >= 4 is 78.2 Å². The predicted molar refractivity (Wildman–Crippen MR) is 142 cm³/mol. The molecule has 0 saturated heterocycles. The Balaban J connectivity index is 1.59. The van der Waals surface area contributed by atoms with Crippen LogP contribution >= 0.6 is 61.1 Å². The number of para-hydroxylation sites is 1. The minimum absolute atomic E-state index is 0.403. The number of aromatic nitrogens is 2. The fraction of sp³-hybridized carbons (Fsp3) is 0.0455. The zero-order valence-corrected chi connectivity index (χ0v) is 21.7. The predicted octanol–water partition coefficient (Wildman–Crippen LogP) is 5.12. The van der Waals surface area contributed by atoms with Crippen molar-refractivity contribution in [1.29, 1.82) is 0 Å². The minimum Gasteiger partial charge on any atom is -0.487 e. The molecule has 9 heteroatoms. The second kappa shape index (κ2) is 9.65. The first-order valence-corrected chi connectivity index (χ1v) is 12.0. The van der Waals surface area contributed by atoms with Gasteiger partial charge in [-0.15, -0.1) is 4.68 Å². The number of halogens is 3. The summed E-state index contributed by atoms with van der Waals surface area (Å²) in [6, 6.07) is 18.6. The van der Waals surface area contributed by atoms with Gasteiger partial charge in [0.2, 0.25) is 0 Å². The summed E-state index contributed by atoms with van der Waals surface area (Å²) in [7, 11) is 0. The van der Waals surface area contributed by atoms with E-state index in [1.807, 2.05) is 36.4 Å². The molecule has 0 radical (unpaired) electrons. The average Bonchev–Trinajstić information content (AvgIpc) is 2.74. The third-order valence-corrected chi connectivity index (χ3v) is 6.55. The highest BCUT2D eigenvalue weighted by atomic mass is 127. The molecule has 0 saturated carbocycles. The molecule has 0 aliphatic rings. The van der Waals surface area contributed by atoms with Gasteiger partial charge >= 0.3 is 5.69 Å². The molecule has 4 aromatic rings. The first-order valence-electron chi connectivity index (χ1n) is 9.07. The second-order valence-electron chi connectivity index (χ2n) is 6.57. The van der Waals surface area contributed by atoms with Crippen molar-refractivity contribution in [2.75, 3.05) is 0 Å². The number of fused-ring (bicyclic) bond motifs is 1. The Morgan fingerprint density at radius 3 is 2.42 bits per heavy atom. The smallest absolute Gasteiger partial charge is 0.349 e. The van der Waals surface area contributed by atoms with Crippen molar-refractivity contribution in [2.45, 2.75) is 6.61 Å². The monoisotopic (exact) mass is 701 g/mol. The minimum atomic E-state index is -0.584. The van der Waals surface area contributed by atoms with Gasteiger partial charge in [0.25, 0.3) is 5.56 Å². The molecule has 3 aromatic carbocycles. The number of nitrogens with one attached hydrogen (secondary N) is 1. The van der Waals surface area contributed by atoms with Crippen molar-refractivity contribution in [1.82, 2.24) is 9.66 Å². The topological polar surface area (TPSA) is 76.5 Å². The van der Waals surface area contributed by atoms with E-state index in [4.69, 9.17) is 4.74 Å². The summed E-state index contributed by atoms with van der Waals surface area (Å²) >= 11 is 7.83. The van der Waals surface area contributed by atoms with Crippen LogP contribution in [-0.2, 0) is 6.61 Å². The highest BCUT2D eigenvalue weighted by Crippen LogP contribution is 2.29. The van der Waals surface area contributed by atoms with Crippen LogP contribution in [0.5, 0.6) is 5.75 Å². The number of hydrogen-bond acceptors (Lipinski definition) is 4. The lowest BCUT2D eigenvalue weighted by Crippen LogP contribution is -2.32. The van der Waals surface area contributed by atoms with Crippen molar-refractivity contribution in [3.8, 4) is 5.75 Å². The van der Waals surface area contributed by atoms with E-state index in [1.165, 1.54) is 6.21 Å². The molecule has 1 aromatic heterocycles. The van der Waals surface area contributed by atoms with Gasteiger partial charge < -0.3 is 9.72 Å². The zero-order valence-electron chi connectivity index (χ0n) is 15.8. The Kier molecular flexibility index (Phi) is 6.92. The van der Waals surface area contributed by atoms with E-state index in [2.05, 4.69) is 71.2 Å². The summed E-state index contributed by atoms with van der Waals surface area (Å²) in [5.41, 5.74) is 1.26. The largest absolute Gasteiger partial charge is 0.487 e. The van der Waals surface area contributed by atoms with Crippen LogP contribution in [0.1, 0.15) is 11.1 Å².